The molecule has 0 radical (unpaired) electrons. The summed E-state index contributed by atoms with van der Waals surface area (Å²) in [5.41, 5.74) is 0.950. The summed E-state index contributed by atoms with van der Waals surface area (Å²) in [6.45, 7) is 0. The largest absolute Gasteiger partial charge is 0.304 e. The Labute approximate surface area is 120 Å². The van der Waals surface area contributed by atoms with Gasteiger partial charge in [0.1, 0.15) is 5.69 Å². The first kappa shape index (κ1) is 12.6. The minimum atomic E-state index is -0.337. The van der Waals surface area contributed by atoms with E-state index in [0.717, 1.165) is 5.39 Å². The Hall–Kier alpha value is -2.40. The molecule has 0 aliphatic carbocycles. The maximum absolute atomic E-state index is 12.1. The van der Waals surface area contributed by atoms with E-state index in [9.17, 15) is 4.79 Å². The minimum Gasteiger partial charge on any atom is -0.304 e. The van der Waals surface area contributed by atoms with Gasteiger partial charge in [0, 0.05) is 24.7 Å². The van der Waals surface area contributed by atoms with Gasteiger partial charge in [-0.3, -0.25) is 9.48 Å². The molecule has 20 heavy (non-hydrogen) atoms. The van der Waals surface area contributed by atoms with Crippen LogP contribution in [-0.2, 0) is 7.05 Å². The zero-order chi connectivity index (χ0) is 14.1. The molecule has 3 rings (SSSR count). The maximum Gasteiger partial charge on any atom is 0.275 e. The lowest BCUT2D eigenvalue weighted by Crippen LogP contribution is -2.14. The number of fused-ring (bicyclic) bond motifs is 1. The molecule has 0 aliphatic heterocycles. The molecule has 0 unspecified atom stereocenters. The molecule has 1 N–H and O–H groups in total. The lowest BCUT2D eigenvalue weighted by Gasteiger charge is -2.05. The van der Waals surface area contributed by atoms with Gasteiger partial charge in [0.25, 0.3) is 5.91 Å². The van der Waals surface area contributed by atoms with Crippen molar-refractivity contribution >= 4 is 34.2 Å². The van der Waals surface area contributed by atoms with Crippen molar-refractivity contribution in [2.75, 3.05) is 5.32 Å². The van der Waals surface area contributed by atoms with Crippen LogP contribution < -0.4 is 5.32 Å². The van der Waals surface area contributed by atoms with E-state index in [4.69, 9.17) is 11.6 Å². The first-order valence-corrected chi connectivity index (χ1v) is 6.37. The number of pyridine rings is 1. The standard InChI is InChI=1S/C14H11ClN4O/c1-19-7-6-13(18-19)17-14(20)12-8-10(15)9-4-2-3-5-11(9)16-12/h2-8H,1H3,(H,17,18,20). The Kier molecular flexibility index (Phi) is 3.12. The van der Waals surface area contributed by atoms with Crippen LogP contribution in [0.1, 0.15) is 10.5 Å². The first-order chi connectivity index (χ1) is 9.63. The predicted molar refractivity (Wildman–Crippen MR) is 77.9 cm³/mol. The number of rotatable bonds is 2. The maximum atomic E-state index is 12.1. The number of hydrogen-bond donors (Lipinski definition) is 1. The van der Waals surface area contributed by atoms with E-state index in [1.165, 1.54) is 0 Å². The molecule has 0 spiro atoms. The molecule has 0 bridgehead atoms. The monoisotopic (exact) mass is 286 g/mol. The van der Waals surface area contributed by atoms with Gasteiger partial charge in [0.05, 0.1) is 10.5 Å². The van der Waals surface area contributed by atoms with Crippen molar-refractivity contribution in [2.24, 2.45) is 7.05 Å². The number of carbonyl (C=O) groups excluding carboxylic acids is 1. The summed E-state index contributed by atoms with van der Waals surface area (Å²) in [5.74, 6) is 0.139. The summed E-state index contributed by atoms with van der Waals surface area (Å²) in [6, 6.07) is 10.7. The summed E-state index contributed by atoms with van der Waals surface area (Å²) in [4.78, 5) is 16.4. The van der Waals surface area contributed by atoms with Crippen molar-refractivity contribution in [2.45, 2.75) is 0 Å². The van der Waals surface area contributed by atoms with Crippen molar-refractivity contribution in [3.8, 4) is 0 Å². The fourth-order valence-corrected chi connectivity index (χ4v) is 2.17. The molecule has 2 heterocycles. The van der Waals surface area contributed by atoms with E-state index in [0.29, 0.717) is 16.4 Å². The van der Waals surface area contributed by atoms with Crippen molar-refractivity contribution in [1.82, 2.24) is 14.8 Å². The van der Waals surface area contributed by atoms with Gasteiger partial charge in [-0.05, 0) is 12.1 Å². The zero-order valence-electron chi connectivity index (χ0n) is 10.7. The average Bonchev–Trinajstić information content (AvgIpc) is 2.84. The third-order valence-electron chi connectivity index (χ3n) is 2.85. The molecule has 0 saturated carbocycles. The number of nitrogens with one attached hydrogen (secondary N) is 1. The van der Waals surface area contributed by atoms with Gasteiger partial charge in [-0.1, -0.05) is 29.8 Å². The Bertz CT molecular complexity index is 797. The van der Waals surface area contributed by atoms with Gasteiger partial charge in [-0.2, -0.15) is 5.10 Å². The minimum absolute atomic E-state index is 0.263. The number of aryl methyl sites for hydroxylation is 1. The quantitative estimate of drug-likeness (QED) is 0.788. The van der Waals surface area contributed by atoms with Gasteiger partial charge in [-0.25, -0.2) is 4.98 Å². The number of halogens is 1. The fraction of sp³-hybridized carbons (Fsp3) is 0.0714. The average molecular weight is 287 g/mol. The topological polar surface area (TPSA) is 59.8 Å². The predicted octanol–water partition coefficient (Wildman–Crippen LogP) is 2.87. The van der Waals surface area contributed by atoms with Gasteiger partial charge in [0.15, 0.2) is 5.82 Å². The molecular formula is C14H11ClN4O. The lowest BCUT2D eigenvalue weighted by atomic mass is 10.2. The van der Waals surface area contributed by atoms with Crippen LogP contribution >= 0.6 is 11.6 Å². The third kappa shape index (κ3) is 2.35. The van der Waals surface area contributed by atoms with E-state index < -0.39 is 0 Å². The van der Waals surface area contributed by atoms with Crippen LogP contribution in [0.2, 0.25) is 5.02 Å². The number of amides is 1. The zero-order valence-corrected chi connectivity index (χ0v) is 11.4. The highest BCUT2D eigenvalue weighted by molar-refractivity contribution is 6.35. The lowest BCUT2D eigenvalue weighted by molar-refractivity contribution is 0.102. The molecule has 0 atom stereocenters. The van der Waals surface area contributed by atoms with E-state index in [2.05, 4.69) is 15.4 Å². The Morgan fingerprint density at radius 2 is 2.10 bits per heavy atom. The second-order valence-electron chi connectivity index (χ2n) is 4.34. The van der Waals surface area contributed by atoms with Crippen LogP contribution in [0.5, 0.6) is 0 Å². The van der Waals surface area contributed by atoms with Crippen LogP contribution in [-0.4, -0.2) is 20.7 Å². The molecule has 0 saturated heterocycles. The highest BCUT2D eigenvalue weighted by atomic mass is 35.5. The number of nitrogens with zero attached hydrogens (tertiary/aromatic N) is 3. The first-order valence-electron chi connectivity index (χ1n) is 6.00. The van der Waals surface area contributed by atoms with Crippen molar-refractivity contribution in [3.63, 3.8) is 0 Å². The summed E-state index contributed by atoms with van der Waals surface area (Å²) >= 11 is 6.17. The van der Waals surface area contributed by atoms with Gasteiger partial charge < -0.3 is 5.32 Å². The second-order valence-corrected chi connectivity index (χ2v) is 4.74. The van der Waals surface area contributed by atoms with Crippen LogP contribution in [0.3, 0.4) is 0 Å². The number of anilines is 1. The number of carbonyl (C=O) groups is 1. The molecule has 0 fully saturated rings. The molecule has 2 aromatic heterocycles. The summed E-state index contributed by atoms with van der Waals surface area (Å²) in [7, 11) is 1.78. The van der Waals surface area contributed by atoms with E-state index in [1.807, 2.05) is 24.3 Å². The fourth-order valence-electron chi connectivity index (χ4n) is 1.91. The Morgan fingerprint density at radius 1 is 1.30 bits per heavy atom. The van der Waals surface area contributed by atoms with E-state index >= 15 is 0 Å². The van der Waals surface area contributed by atoms with Crippen molar-refractivity contribution < 1.29 is 4.79 Å². The molecule has 100 valence electrons. The van der Waals surface area contributed by atoms with Crippen molar-refractivity contribution in [3.05, 3.63) is 53.3 Å². The molecule has 1 amide bonds. The molecule has 1 aromatic carbocycles. The second kappa shape index (κ2) is 4.94. The number of hydrogen-bond acceptors (Lipinski definition) is 3. The van der Waals surface area contributed by atoms with Crippen molar-refractivity contribution in [1.29, 1.82) is 0 Å². The number of para-hydroxylation sites is 1. The smallest absolute Gasteiger partial charge is 0.275 e. The number of benzene rings is 1. The highest BCUT2D eigenvalue weighted by Crippen LogP contribution is 2.23. The van der Waals surface area contributed by atoms with Gasteiger partial charge in [0.2, 0.25) is 0 Å². The van der Waals surface area contributed by atoms with Crippen LogP contribution in [0.15, 0.2) is 42.6 Å². The summed E-state index contributed by atoms with van der Waals surface area (Å²) in [5, 5.41) is 8.09. The van der Waals surface area contributed by atoms with E-state index in [1.54, 1.807) is 30.1 Å². The molecule has 3 aromatic rings. The summed E-state index contributed by atoms with van der Waals surface area (Å²) in [6.07, 6.45) is 1.75. The SMILES string of the molecule is Cn1ccc(NC(=O)c2cc(Cl)c3ccccc3n2)n1. The van der Waals surface area contributed by atoms with Crippen LogP contribution in [0, 0.1) is 0 Å². The van der Waals surface area contributed by atoms with Gasteiger partial charge in [-0.15, -0.1) is 0 Å². The molecule has 6 heteroatoms. The third-order valence-corrected chi connectivity index (χ3v) is 3.17. The molecule has 5 nitrogen and oxygen atoms in total. The number of aromatic nitrogens is 3. The summed E-state index contributed by atoms with van der Waals surface area (Å²) < 4.78 is 1.61. The van der Waals surface area contributed by atoms with E-state index in [-0.39, 0.29) is 11.6 Å². The molecular weight excluding hydrogens is 276 g/mol. The Morgan fingerprint density at radius 3 is 2.85 bits per heavy atom. The van der Waals surface area contributed by atoms with Gasteiger partial charge >= 0.3 is 0 Å². The van der Waals surface area contributed by atoms with Crippen LogP contribution in [0.4, 0.5) is 5.82 Å². The normalized spacial score (nSPS) is 10.7. The highest BCUT2D eigenvalue weighted by Gasteiger charge is 2.12. The molecule has 0 aliphatic rings. The van der Waals surface area contributed by atoms with Crippen LogP contribution in [0.25, 0.3) is 10.9 Å². The Balaban J connectivity index is 1.95.